The molecule has 3 N–H and O–H groups in total. The Morgan fingerprint density at radius 3 is 2.27 bits per heavy atom. The van der Waals surface area contributed by atoms with Crippen LogP contribution in [0.15, 0.2) is 71.6 Å². The molecule has 0 saturated heterocycles. The Labute approximate surface area is 187 Å². The number of carbonyl (C=O) groups is 1. The summed E-state index contributed by atoms with van der Waals surface area (Å²) < 4.78 is 71.7. The van der Waals surface area contributed by atoms with E-state index in [1.165, 1.54) is 31.4 Å². The van der Waals surface area contributed by atoms with Crippen molar-refractivity contribution in [1.29, 1.82) is 0 Å². The summed E-state index contributed by atoms with van der Waals surface area (Å²) in [5.41, 5.74) is 0.171. The van der Waals surface area contributed by atoms with Crippen molar-refractivity contribution in [2.45, 2.75) is 17.2 Å². The summed E-state index contributed by atoms with van der Waals surface area (Å²) in [5.74, 6) is 0.257. The predicted molar refractivity (Wildman–Crippen MR) is 116 cm³/mol. The first-order chi connectivity index (χ1) is 15.6. The molecule has 1 unspecified atom stereocenters. The molecule has 0 saturated carbocycles. The van der Waals surface area contributed by atoms with Gasteiger partial charge in [-0.1, -0.05) is 12.1 Å². The topological polar surface area (TPSA) is 96.5 Å². The Morgan fingerprint density at radius 2 is 1.67 bits per heavy atom. The molecule has 1 amide bonds. The number of hydrogen-bond acceptors (Lipinski definition) is 5. The van der Waals surface area contributed by atoms with Gasteiger partial charge in [-0.05, 0) is 60.2 Å². The Balaban J connectivity index is 1.53. The number of fused-ring (bicyclic) bond motifs is 1. The second kappa shape index (κ2) is 8.41. The number of carbonyl (C=O) groups excluding carboxylic acids is 1. The highest BCUT2D eigenvalue weighted by molar-refractivity contribution is 7.89. The van der Waals surface area contributed by atoms with Gasteiger partial charge in [0, 0.05) is 11.3 Å². The SMILES string of the molecule is COc1ccc(NC(=O)c2ccc(C3Nc4cc(C(F)(F)F)ccc4S(=O)(=O)N3)cc2)cc1. The van der Waals surface area contributed by atoms with Crippen molar-refractivity contribution in [2.75, 3.05) is 17.7 Å². The molecule has 0 aliphatic carbocycles. The molecule has 33 heavy (non-hydrogen) atoms. The van der Waals surface area contributed by atoms with Crippen molar-refractivity contribution in [3.05, 3.63) is 83.4 Å². The van der Waals surface area contributed by atoms with E-state index in [0.29, 0.717) is 22.6 Å². The minimum atomic E-state index is -4.61. The average molecular weight is 477 g/mol. The molecule has 172 valence electrons. The summed E-state index contributed by atoms with van der Waals surface area (Å²) in [4.78, 5) is 12.2. The van der Waals surface area contributed by atoms with E-state index >= 15 is 0 Å². The largest absolute Gasteiger partial charge is 0.497 e. The van der Waals surface area contributed by atoms with Crippen molar-refractivity contribution >= 4 is 27.3 Å². The number of sulfonamides is 1. The van der Waals surface area contributed by atoms with Crippen LogP contribution in [0.5, 0.6) is 5.75 Å². The molecule has 0 bridgehead atoms. The van der Waals surface area contributed by atoms with Crippen LogP contribution in [-0.4, -0.2) is 21.4 Å². The highest BCUT2D eigenvalue weighted by Crippen LogP contribution is 2.37. The molecule has 1 atom stereocenters. The van der Waals surface area contributed by atoms with E-state index in [4.69, 9.17) is 4.74 Å². The van der Waals surface area contributed by atoms with Crippen molar-refractivity contribution in [1.82, 2.24) is 4.72 Å². The van der Waals surface area contributed by atoms with E-state index in [1.807, 2.05) is 0 Å². The highest BCUT2D eigenvalue weighted by atomic mass is 32.2. The first kappa shape index (κ1) is 22.6. The molecule has 0 spiro atoms. The van der Waals surface area contributed by atoms with Gasteiger partial charge in [-0.15, -0.1) is 0 Å². The molecule has 0 aromatic heterocycles. The number of halogens is 3. The van der Waals surface area contributed by atoms with E-state index < -0.39 is 27.9 Å². The molecule has 1 aliphatic rings. The number of ether oxygens (including phenoxy) is 1. The lowest BCUT2D eigenvalue weighted by Gasteiger charge is -2.29. The summed E-state index contributed by atoms with van der Waals surface area (Å²) in [6.45, 7) is 0. The molecular weight excluding hydrogens is 459 g/mol. The Morgan fingerprint density at radius 1 is 1.00 bits per heavy atom. The lowest BCUT2D eigenvalue weighted by molar-refractivity contribution is -0.137. The minimum Gasteiger partial charge on any atom is -0.497 e. The first-order valence-electron chi connectivity index (χ1n) is 9.62. The molecular formula is C22H18F3N3O4S. The van der Waals surface area contributed by atoms with Crippen molar-refractivity contribution in [2.24, 2.45) is 0 Å². The average Bonchev–Trinajstić information content (AvgIpc) is 2.78. The van der Waals surface area contributed by atoms with Gasteiger partial charge in [0.25, 0.3) is 5.91 Å². The standard InChI is InChI=1S/C22H18F3N3O4S/c1-32-17-9-7-16(8-10-17)26-21(29)14-4-2-13(3-5-14)20-27-18-12-15(22(23,24)25)6-11-19(18)33(30,31)28-20/h2-12,20,27-28H,1H3,(H,26,29). The number of amides is 1. The lowest BCUT2D eigenvalue weighted by atomic mass is 10.1. The number of anilines is 2. The van der Waals surface area contributed by atoms with Crippen molar-refractivity contribution < 1.29 is 31.1 Å². The minimum absolute atomic E-state index is 0.157. The van der Waals surface area contributed by atoms with E-state index in [2.05, 4.69) is 15.4 Å². The maximum atomic E-state index is 13.0. The predicted octanol–water partition coefficient (Wildman–Crippen LogP) is 4.37. The van der Waals surface area contributed by atoms with Crippen LogP contribution in [0.4, 0.5) is 24.5 Å². The van der Waals surface area contributed by atoms with Gasteiger partial charge in [0.05, 0.1) is 18.4 Å². The van der Waals surface area contributed by atoms with Gasteiger partial charge in [-0.3, -0.25) is 4.79 Å². The second-order valence-corrected chi connectivity index (χ2v) is 8.89. The zero-order valence-corrected chi connectivity index (χ0v) is 17.9. The van der Waals surface area contributed by atoms with Gasteiger partial charge < -0.3 is 15.4 Å². The third-order valence-corrected chi connectivity index (χ3v) is 6.50. The third kappa shape index (κ3) is 4.78. The van der Waals surface area contributed by atoms with E-state index in [-0.39, 0.29) is 16.5 Å². The summed E-state index contributed by atoms with van der Waals surface area (Å²) in [7, 11) is -2.51. The fourth-order valence-corrected chi connectivity index (χ4v) is 4.60. The fraction of sp³-hybridized carbons (Fsp3) is 0.136. The second-order valence-electron chi connectivity index (χ2n) is 7.21. The van der Waals surface area contributed by atoms with E-state index in [0.717, 1.165) is 18.2 Å². The summed E-state index contributed by atoms with van der Waals surface area (Å²) in [5, 5.41) is 5.50. The Hall–Kier alpha value is -3.57. The number of nitrogens with one attached hydrogen (secondary N) is 3. The van der Waals surface area contributed by atoms with Gasteiger partial charge in [-0.2, -0.15) is 17.9 Å². The smallest absolute Gasteiger partial charge is 0.416 e. The molecule has 0 fully saturated rings. The zero-order chi connectivity index (χ0) is 23.8. The normalized spacial score (nSPS) is 16.9. The summed E-state index contributed by atoms with van der Waals surface area (Å²) >= 11 is 0. The Bertz CT molecular complexity index is 1290. The van der Waals surface area contributed by atoms with Crippen LogP contribution in [0.25, 0.3) is 0 Å². The van der Waals surface area contributed by atoms with Crippen molar-refractivity contribution in [3.63, 3.8) is 0 Å². The quantitative estimate of drug-likeness (QED) is 0.519. The maximum Gasteiger partial charge on any atom is 0.416 e. The number of benzene rings is 3. The third-order valence-electron chi connectivity index (χ3n) is 5.02. The highest BCUT2D eigenvalue weighted by Gasteiger charge is 2.35. The number of methoxy groups -OCH3 is 1. The maximum absolute atomic E-state index is 13.0. The van der Waals surface area contributed by atoms with Crippen LogP contribution >= 0.6 is 0 Å². The van der Waals surface area contributed by atoms with Gasteiger partial charge in [0.1, 0.15) is 16.8 Å². The molecule has 1 aliphatic heterocycles. The molecule has 7 nitrogen and oxygen atoms in total. The number of rotatable bonds is 4. The van der Waals surface area contributed by atoms with Gasteiger partial charge in [0.2, 0.25) is 10.0 Å². The van der Waals surface area contributed by atoms with Gasteiger partial charge >= 0.3 is 6.18 Å². The molecule has 1 heterocycles. The summed E-state index contributed by atoms with van der Waals surface area (Å²) in [6.07, 6.45) is -5.62. The monoisotopic (exact) mass is 477 g/mol. The van der Waals surface area contributed by atoms with Crippen molar-refractivity contribution in [3.8, 4) is 5.75 Å². The number of alkyl halides is 3. The van der Waals surface area contributed by atoms with Crippen LogP contribution in [0.3, 0.4) is 0 Å². The van der Waals surface area contributed by atoms with Crippen LogP contribution in [0, 0.1) is 0 Å². The summed E-state index contributed by atoms with van der Waals surface area (Å²) in [6, 6.07) is 15.2. The van der Waals surface area contributed by atoms with Crippen LogP contribution in [0.1, 0.15) is 27.7 Å². The lowest BCUT2D eigenvalue weighted by Crippen LogP contribution is -2.38. The van der Waals surface area contributed by atoms with Gasteiger partial charge in [0.15, 0.2) is 0 Å². The molecule has 3 aromatic carbocycles. The van der Waals surface area contributed by atoms with E-state index in [1.54, 1.807) is 24.3 Å². The van der Waals surface area contributed by atoms with Gasteiger partial charge in [-0.25, -0.2) is 8.42 Å². The Kier molecular flexibility index (Phi) is 5.76. The molecule has 4 rings (SSSR count). The van der Waals surface area contributed by atoms with Crippen LogP contribution in [-0.2, 0) is 16.2 Å². The molecule has 0 radical (unpaired) electrons. The van der Waals surface area contributed by atoms with E-state index in [9.17, 15) is 26.4 Å². The molecule has 11 heteroatoms. The number of hydrogen-bond donors (Lipinski definition) is 3. The first-order valence-corrected chi connectivity index (χ1v) is 11.1. The van der Waals surface area contributed by atoms with Crippen LogP contribution < -0.4 is 20.1 Å². The zero-order valence-electron chi connectivity index (χ0n) is 17.1. The molecule has 3 aromatic rings. The van der Waals surface area contributed by atoms with Crippen LogP contribution in [0.2, 0.25) is 0 Å². The fourth-order valence-electron chi connectivity index (χ4n) is 3.31.